The van der Waals surface area contributed by atoms with Gasteiger partial charge in [-0.15, -0.1) is 0 Å². The van der Waals surface area contributed by atoms with Crippen LogP contribution in [0.1, 0.15) is 31.3 Å². The average molecular weight is 272 g/mol. The summed E-state index contributed by atoms with van der Waals surface area (Å²) in [7, 11) is 0. The lowest BCUT2D eigenvalue weighted by molar-refractivity contribution is -0.0245. The van der Waals surface area contributed by atoms with E-state index < -0.39 is 5.60 Å². The summed E-state index contributed by atoms with van der Waals surface area (Å²) < 4.78 is 5.11. The van der Waals surface area contributed by atoms with E-state index in [0.717, 1.165) is 0 Å². The summed E-state index contributed by atoms with van der Waals surface area (Å²) in [5, 5.41) is 10.8. The highest BCUT2D eigenvalue weighted by Gasteiger charge is 2.46. The molecule has 1 aliphatic rings. The second-order valence-corrected chi connectivity index (χ2v) is 5.71. The van der Waals surface area contributed by atoms with E-state index in [1.807, 2.05) is 20.8 Å². The van der Waals surface area contributed by atoms with Gasteiger partial charge >= 0.3 is 0 Å². The SMILES string of the molecule is CC(C)[C@@]1(O)CN(C(=O)c2ccc(Cl)o2)C[C@@H]1C. The first-order valence-corrected chi connectivity index (χ1v) is 6.49. The van der Waals surface area contributed by atoms with Crippen LogP contribution in [-0.2, 0) is 0 Å². The molecule has 0 bridgehead atoms. The van der Waals surface area contributed by atoms with Crippen molar-refractivity contribution in [2.75, 3.05) is 13.1 Å². The highest BCUT2D eigenvalue weighted by Crippen LogP contribution is 2.34. The number of carbonyl (C=O) groups excluding carboxylic acids is 1. The molecular formula is C13H18ClNO3. The van der Waals surface area contributed by atoms with Crippen LogP contribution in [0.2, 0.25) is 5.22 Å². The molecule has 0 aromatic carbocycles. The molecule has 0 radical (unpaired) electrons. The smallest absolute Gasteiger partial charge is 0.289 e. The first-order valence-electron chi connectivity index (χ1n) is 6.11. The van der Waals surface area contributed by atoms with Crippen molar-refractivity contribution in [1.82, 2.24) is 4.90 Å². The van der Waals surface area contributed by atoms with Gasteiger partial charge in [-0.05, 0) is 29.7 Å². The monoisotopic (exact) mass is 271 g/mol. The number of amides is 1. The largest absolute Gasteiger partial charge is 0.440 e. The van der Waals surface area contributed by atoms with Gasteiger partial charge in [0.1, 0.15) is 0 Å². The number of likely N-dealkylation sites (tertiary alicyclic amines) is 1. The van der Waals surface area contributed by atoms with Gasteiger partial charge in [0.05, 0.1) is 12.1 Å². The lowest BCUT2D eigenvalue weighted by Gasteiger charge is -2.30. The molecule has 1 amide bonds. The first kappa shape index (κ1) is 13.4. The van der Waals surface area contributed by atoms with Crippen molar-refractivity contribution in [3.05, 3.63) is 23.1 Å². The first-order chi connectivity index (χ1) is 8.34. The van der Waals surface area contributed by atoms with Gasteiger partial charge < -0.3 is 14.4 Å². The number of hydrogen-bond acceptors (Lipinski definition) is 3. The number of hydrogen-bond donors (Lipinski definition) is 1. The number of carbonyl (C=O) groups is 1. The maximum atomic E-state index is 12.2. The summed E-state index contributed by atoms with van der Waals surface area (Å²) in [6.45, 7) is 6.76. The molecule has 1 aromatic heterocycles. The molecule has 100 valence electrons. The number of rotatable bonds is 2. The fourth-order valence-corrected chi connectivity index (χ4v) is 2.65. The Labute approximate surface area is 112 Å². The van der Waals surface area contributed by atoms with E-state index in [1.54, 1.807) is 17.0 Å². The minimum atomic E-state index is -0.827. The minimum absolute atomic E-state index is 0.0480. The predicted molar refractivity (Wildman–Crippen MR) is 68.6 cm³/mol. The summed E-state index contributed by atoms with van der Waals surface area (Å²) in [4.78, 5) is 13.8. The van der Waals surface area contributed by atoms with E-state index in [-0.39, 0.29) is 28.7 Å². The Kier molecular flexibility index (Phi) is 3.43. The van der Waals surface area contributed by atoms with Gasteiger partial charge in [0.25, 0.3) is 5.91 Å². The molecule has 1 saturated heterocycles. The second kappa shape index (κ2) is 4.59. The van der Waals surface area contributed by atoms with Crippen molar-refractivity contribution in [3.8, 4) is 0 Å². The van der Waals surface area contributed by atoms with Crippen LogP contribution in [0, 0.1) is 11.8 Å². The topological polar surface area (TPSA) is 53.7 Å². The number of nitrogens with zero attached hydrogens (tertiary/aromatic N) is 1. The van der Waals surface area contributed by atoms with Gasteiger partial charge in [-0.2, -0.15) is 0 Å². The van der Waals surface area contributed by atoms with Crippen LogP contribution < -0.4 is 0 Å². The summed E-state index contributed by atoms with van der Waals surface area (Å²) in [6.07, 6.45) is 0. The lowest BCUT2D eigenvalue weighted by atomic mass is 9.82. The van der Waals surface area contributed by atoms with E-state index in [0.29, 0.717) is 13.1 Å². The van der Waals surface area contributed by atoms with Gasteiger partial charge in [-0.3, -0.25) is 4.79 Å². The zero-order valence-electron chi connectivity index (χ0n) is 10.8. The quantitative estimate of drug-likeness (QED) is 0.899. The van der Waals surface area contributed by atoms with Crippen LogP contribution in [0.15, 0.2) is 16.5 Å². The predicted octanol–water partition coefficient (Wildman–Crippen LogP) is 2.41. The van der Waals surface area contributed by atoms with Gasteiger partial charge in [0.2, 0.25) is 0 Å². The highest BCUT2D eigenvalue weighted by atomic mass is 35.5. The molecule has 1 N–H and O–H groups in total. The third kappa shape index (κ3) is 2.15. The van der Waals surface area contributed by atoms with Crippen molar-refractivity contribution in [1.29, 1.82) is 0 Å². The molecule has 0 saturated carbocycles. The molecule has 1 aromatic rings. The maximum Gasteiger partial charge on any atom is 0.289 e. The number of halogens is 1. The minimum Gasteiger partial charge on any atom is -0.440 e. The van der Waals surface area contributed by atoms with E-state index in [1.165, 1.54) is 0 Å². The fourth-order valence-electron chi connectivity index (χ4n) is 2.51. The number of aliphatic hydroxyl groups is 1. The second-order valence-electron chi connectivity index (χ2n) is 5.34. The van der Waals surface area contributed by atoms with Crippen LogP contribution in [-0.4, -0.2) is 34.6 Å². The van der Waals surface area contributed by atoms with E-state index in [4.69, 9.17) is 16.0 Å². The molecule has 2 rings (SSSR count). The van der Waals surface area contributed by atoms with E-state index in [9.17, 15) is 9.90 Å². The van der Waals surface area contributed by atoms with Crippen molar-refractivity contribution in [2.45, 2.75) is 26.4 Å². The molecule has 0 aliphatic carbocycles. The third-order valence-corrected chi connectivity index (χ3v) is 4.07. The standard InChI is InChI=1S/C13H18ClNO3/c1-8(2)13(17)7-15(6-9(13)3)12(16)10-4-5-11(14)18-10/h4-5,8-9,17H,6-7H2,1-3H3/t9-,13-/m0/s1. The third-order valence-electron chi connectivity index (χ3n) is 3.86. The molecule has 0 unspecified atom stereocenters. The Morgan fingerprint density at radius 1 is 1.61 bits per heavy atom. The summed E-state index contributed by atoms with van der Waals surface area (Å²) in [5.74, 6) is 0.155. The molecule has 5 heteroatoms. The number of β-amino-alcohol motifs (C(OH)–C–C–N with tert-alkyl or cyclic N) is 1. The lowest BCUT2D eigenvalue weighted by Crippen LogP contribution is -2.43. The van der Waals surface area contributed by atoms with Crippen LogP contribution in [0.25, 0.3) is 0 Å². The Morgan fingerprint density at radius 3 is 2.72 bits per heavy atom. The van der Waals surface area contributed by atoms with Gasteiger partial charge in [-0.1, -0.05) is 20.8 Å². The molecule has 4 nitrogen and oxygen atoms in total. The fraction of sp³-hybridized carbons (Fsp3) is 0.615. The molecule has 0 spiro atoms. The Hall–Kier alpha value is -1.00. The van der Waals surface area contributed by atoms with Gasteiger partial charge in [-0.25, -0.2) is 0 Å². The van der Waals surface area contributed by atoms with Crippen LogP contribution >= 0.6 is 11.6 Å². The summed E-state index contributed by atoms with van der Waals surface area (Å²) in [6, 6.07) is 3.10. The molecule has 1 fully saturated rings. The van der Waals surface area contributed by atoms with Crippen molar-refractivity contribution in [3.63, 3.8) is 0 Å². The zero-order valence-corrected chi connectivity index (χ0v) is 11.6. The van der Waals surface area contributed by atoms with Gasteiger partial charge in [0, 0.05) is 12.5 Å². The van der Waals surface area contributed by atoms with Gasteiger partial charge in [0.15, 0.2) is 11.0 Å². The van der Waals surface area contributed by atoms with Crippen LogP contribution in [0.5, 0.6) is 0 Å². The highest BCUT2D eigenvalue weighted by molar-refractivity contribution is 6.29. The van der Waals surface area contributed by atoms with E-state index >= 15 is 0 Å². The summed E-state index contributed by atoms with van der Waals surface area (Å²) >= 11 is 5.66. The zero-order chi connectivity index (χ0) is 13.5. The van der Waals surface area contributed by atoms with Crippen LogP contribution in [0.3, 0.4) is 0 Å². The maximum absolute atomic E-state index is 12.2. The van der Waals surface area contributed by atoms with E-state index in [2.05, 4.69) is 0 Å². The molecule has 1 aliphatic heterocycles. The molecular weight excluding hydrogens is 254 g/mol. The Balaban J connectivity index is 2.16. The molecule has 2 atom stereocenters. The Morgan fingerprint density at radius 2 is 2.28 bits per heavy atom. The molecule has 2 heterocycles. The summed E-state index contributed by atoms with van der Waals surface area (Å²) in [5.41, 5.74) is -0.827. The normalized spacial score (nSPS) is 28.1. The van der Waals surface area contributed by atoms with Crippen LogP contribution in [0.4, 0.5) is 0 Å². The van der Waals surface area contributed by atoms with Crippen molar-refractivity contribution in [2.24, 2.45) is 11.8 Å². The van der Waals surface area contributed by atoms with Crippen molar-refractivity contribution < 1.29 is 14.3 Å². The Bertz CT molecular complexity index is 457. The average Bonchev–Trinajstić information content (AvgIpc) is 2.84. The number of furan rings is 1. The van der Waals surface area contributed by atoms with Crippen molar-refractivity contribution >= 4 is 17.5 Å². The molecule has 18 heavy (non-hydrogen) atoms.